The fourth-order valence-corrected chi connectivity index (χ4v) is 3.57. The average Bonchev–Trinajstić information content (AvgIpc) is 2.71. The molecule has 0 aromatic carbocycles. The van der Waals surface area contributed by atoms with Crippen molar-refractivity contribution < 1.29 is 8.42 Å². The third-order valence-corrected chi connectivity index (χ3v) is 5.54. The number of halogens is 1. The molecule has 1 heterocycles. The maximum absolute atomic E-state index is 12.3. The summed E-state index contributed by atoms with van der Waals surface area (Å²) in [6, 6.07) is 1.63. The molecule has 0 saturated heterocycles. The predicted molar refractivity (Wildman–Crippen MR) is 77.8 cm³/mol. The van der Waals surface area contributed by atoms with E-state index in [0.717, 1.165) is 17.9 Å². The number of alkyl halides is 1. The molecule has 0 aliphatic heterocycles. The molecule has 0 bridgehead atoms. The Hall–Kier alpha value is -0.170. The van der Waals surface area contributed by atoms with Gasteiger partial charge in [0.1, 0.15) is 4.90 Å². The summed E-state index contributed by atoms with van der Waals surface area (Å²) >= 11 is 7.46. The third-order valence-electron chi connectivity index (χ3n) is 2.75. The standard InChI is InChI=1S/C11H19ClN2O2S2/c1-13-9-11(7-10(13)8-12)18(15,16)14(2)5-4-6-17-3/h7,9H,4-6,8H2,1-3H3. The van der Waals surface area contributed by atoms with Gasteiger partial charge < -0.3 is 4.57 Å². The van der Waals surface area contributed by atoms with E-state index in [2.05, 4.69) is 0 Å². The van der Waals surface area contributed by atoms with E-state index in [1.54, 1.807) is 42.7 Å². The van der Waals surface area contributed by atoms with E-state index in [4.69, 9.17) is 11.6 Å². The van der Waals surface area contributed by atoms with E-state index in [-0.39, 0.29) is 0 Å². The predicted octanol–water partition coefficient (Wildman–Crippen LogP) is 2.14. The summed E-state index contributed by atoms with van der Waals surface area (Å²) in [6.45, 7) is 0.536. The fourth-order valence-electron chi connectivity index (χ4n) is 1.58. The Kier molecular flexibility index (Phi) is 6.04. The van der Waals surface area contributed by atoms with Gasteiger partial charge in [-0.2, -0.15) is 11.8 Å². The van der Waals surface area contributed by atoms with Gasteiger partial charge in [0.2, 0.25) is 10.0 Å². The van der Waals surface area contributed by atoms with Crippen molar-refractivity contribution in [1.82, 2.24) is 8.87 Å². The van der Waals surface area contributed by atoms with Crippen LogP contribution in [0.4, 0.5) is 0 Å². The molecule has 1 aromatic heterocycles. The minimum atomic E-state index is -3.39. The quantitative estimate of drug-likeness (QED) is 0.572. The first-order valence-corrected chi connectivity index (χ1v) is 8.96. The highest BCUT2D eigenvalue weighted by atomic mass is 35.5. The van der Waals surface area contributed by atoms with Gasteiger partial charge >= 0.3 is 0 Å². The van der Waals surface area contributed by atoms with Crippen LogP contribution in [-0.4, -0.2) is 42.9 Å². The SMILES string of the molecule is CSCCCN(C)S(=O)(=O)c1cc(CCl)n(C)c1. The minimum Gasteiger partial charge on any atom is -0.352 e. The van der Waals surface area contributed by atoms with Crippen molar-refractivity contribution in [2.45, 2.75) is 17.2 Å². The minimum absolute atomic E-state index is 0.308. The molecular formula is C11H19ClN2O2S2. The van der Waals surface area contributed by atoms with Crippen molar-refractivity contribution in [2.75, 3.05) is 25.6 Å². The Balaban J connectivity index is 2.84. The van der Waals surface area contributed by atoms with E-state index in [0.29, 0.717) is 17.3 Å². The molecule has 104 valence electrons. The van der Waals surface area contributed by atoms with E-state index in [1.165, 1.54) is 4.31 Å². The van der Waals surface area contributed by atoms with Crippen LogP contribution in [0, 0.1) is 0 Å². The first-order valence-electron chi connectivity index (χ1n) is 5.60. The van der Waals surface area contributed by atoms with Crippen molar-refractivity contribution in [3.8, 4) is 0 Å². The molecule has 0 aliphatic rings. The monoisotopic (exact) mass is 310 g/mol. The zero-order chi connectivity index (χ0) is 13.8. The number of hydrogen-bond donors (Lipinski definition) is 0. The van der Waals surface area contributed by atoms with Gasteiger partial charge in [0, 0.05) is 32.5 Å². The van der Waals surface area contributed by atoms with E-state index < -0.39 is 10.0 Å². The van der Waals surface area contributed by atoms with Crippen LogP contribution in [0.5, 0.6) is 0 Å². The highest BCUT2D eigenvalue weighted by Gasteiger charge is 2.22. The molecule has 1 aromatic rings. The lowest BCUT2D eigenvalue weighted by Crippen LogP contribution is -2.28. The molecule has 0 amide bonds. The largest absolute Gasteiger partial charge is 0.352 e. The molecule has 7 heteroatoms. The summed E-state index contributed by atoms with van der Waals surface area (Å²) in [5.74, 6) is 1.27. The van der Waals surface area contributed by atoms with Gasteiger partial charge in [-0.1, -0.05) is 0 Å². The number of aryl methyl sites for hydroxylation is 1. The van der Waals surface area contributed by atoms with E-state index >= 15 is 0 Å². The van der Waals surface area contributed by atoms with Crippen LogP contribution in [0.3, 0.4) is 0 Å². The van der Waals surface area contributed by atoms with Crippen LogP contribution in [0.1, 0.15) is 12.1 Å². The Labute approximate surface area is 118 Å². The molecule has 0 fully saturated rings. The summed E-state index contributed by atoms with van der Waals surface area (Å²) in [7, 11) is 0.0236. The van der Waals surface area contributed by atoms with Crippen molar-refractivity contribution in [2.24, 2.45) is 7.05 Å². The molecule has 4 nitrogen and oxygen atoms in total. The van der Waals surface area contributed by atoms with Crippen LogP contribution in [-0.2, 0) is 23.0 Å². The number of hydrogen-bond acceptors (Lipinski definition) is 3. The maximum atomic E-state index is 12.3. The number of aromatic nitrogens is 1. The molecule has 0 N–H and O–H groups in total. The Morgan fingerprint density at radius 1 is 1.50 bits per heavy atom. The third kappa shape index (κ3) is 3.66. The van der Waals surface area contributed by atoms with Gasteiger partial charge in [-0.25, -0.2) is 12.7 Å². The second-order valence-electron chi connectivity index (χ2n) is 4.08. The molecule has 0 aliphatic carbocycles. The molecule has 0 unspecified atom stereocenters. The van der Waals surface area contributed by atoms with Crippen LogP contribution in [0.2, 0.25) is 0 Å². The van der Waals surface area contributed by atoms with Crippen molar-refractivity contribution in [1.29, 1.82) is 0 Å². The topological polar surface area (TPSA) is 42.3 Å². The van der Waals surface area contributed by atoms with E-state index in [1.807, 2.05) is 6.26 Å². The van der Waals surface area contributed by atoms with Gasteiger partial charge in [-0.05, 0) is 24.5 Å². The smallest absolute Gasteiger partial charge is 0.244 e. The fraction of sp³-hybridized carbons (Fsp3) is 0.636. The first-order chi connectivity index (χ1) is 8.43. The number of sulfonamides is 1. The van der Waals surface area contributed by atoms with E-state index in [9.17, 15) is 8.42 Å². The second-order valence-corrected chi connectivity index (χ2v) is 7.38. The Bertz CT molecular complexity index is 485. The number of thioether (sulfide) groups is 1. The highest BCUT2D eigenvalue weighted by Crippen LogP contribution is 2.18. The maximum Gasteiger partial charge on any atom is 0.244 e. The molecule has 0 saturated carbocycles. The summed E-state index contributed by atoms with van der Waals surface area (Å²) < 4.78 is 27.7. The van der Waals surface area contributed by atoms with Crippen molar-refractivity contribution in [3.05, 3.63) is 18.0 Å². The number of nitrogens with zero attached hydrogens (tertiary/aromatic N) is 2. The molecule has 1 rings (SSSR count). The molecule has 18 heavy (non-hydrogen) atoms. The Morgan fingerprint density at radius 3 is 2.67 bits per heavy atom. The summed E-state index contributed by atoms with van der Waals surface area (Å²) in [4.78, 5) is 0.312. The zero-order valence-corrected chi connectivity index (χ0v) is 13.3. The normalized spacial score (nSPS) is 12.3. The summed E-state index contributed by atoms with van der Waals surface area (Å²) in [5, 5.41) is 0. The lowest BCUT2D eigenvalue weighted by Gasteiger charge is -2.15. The molecular weight excluding hydrogens is 292 g/mol. The summed E-state index contributed by atoms with van der Waals surface area (Å²) in [5.41, 5.74) is 0.799. The second kappa shape index (κ2) is 6.84. The van der Waals surface area contributed by atoms with Gasteiger partial charge in [0.05, 0.1) is 5.88 Å². The summed E-state index contributed by atoms with van der Waals surface area (Å²) in [6.07, 6.45) is 4.47. The first kappa shape index (κ1) is 15.9. The van der Waals surface area contributed by atoms with Gasteiger partial charge in [-0.3, -0.25) is 0 Å². The molecule has 0 spiro atoms. The van der Waals surface area contributed by atoms with Gasteiger partial charge in [0.15, 0.2) is 0 Å². The van der Waals surface area contributed by atoms with Crippen LogP contribution in [0.25, 0.3) is 0 Å². The molecule has 0 atom stereocenters. The Morgan fingerprint density at radius 2 is 2.17 bits per heavy atom. The van der Waals surface area contributed by atoms with Crippen LogP contribution < -0.4 is 0 Å². The van der Waals surface area contributed by atoms with Gasteiger partial charge in [-0.15, -0.1) is 11.6 Å². The molecule has 0 radical (unpaired) electrons. The van der Waals surface area contributed by atoms with Crippen LogP contribution >= 0.6 is 23.4 Å². The number of rotatable bonds is 7. The highest BCUT2D eigenvalue weighted by molar-refractivity contribution is 7.98. The zero-order valence-electron chi connectivity index (χ0n) is 10.9. The lowest BCUT2D eigenvalue weighted by atomic mass is 10.5. The van der Waals surface area contributed by atoms with Crippen LogP contribution in [0.15, 0.2) is 17.2 Å². The van der Waals surface area contributed by atoms with Crippen molar-refractivity contribution in [3.63, 3.8) is 0 Å². The lowest BCUT2D eigenvalue weighted by molar-refractivity contribution is 0.469. The van der Waals surface area contributed by atoms with Gasteiger partial charge in [0.25, 0.3) is 0 Å². The van der Waals surface area contributed by atoms with Crippen molar-refractivity contribution >= 4 is 33.4 Å². The average molecular weight is 311 g/mol.